The number of nitrogens with zero attached hydrogens (tertiary/aromatic N) is 1. The number of carboxylic acid groups (broad SMARTS) is 1. The summed E-state index contributed by atoms with van der Waals surface area (Å²) in [6, 6.07) is 0.146. The van der Waals surface area contributed by atoms with Gasteiger partial charge < -0.3 is 10.8 Å². The Kier molecular flexibility index (Phi) is 3.05. The molecule has 70 valence electrons. The van der Waals surface area contributed by atoms with Crippen LogP contribution in [-0.2, 0) is 4.79 Å². The van der Waals surface area contributed by atoms with E-state index in [1.165, 1.54) is 0 Å². The van der Waals surface area contributed by atoms with Crippen molar-refractivity contribution < 1.29 is 9.90 Å². The molecule has 2 unspecified atom stereocenters. The summed E-state index contributed by atoms with van der Waals surface area (Å²) >= 11 is 0. The van der Waals surface area contributed by atoms with Gasteiger partial charge in [0.2, 0.25) is 0 Å². The Labute approximate surface area is 72.3 Å². The molecular formula is C8H16N2O2. The summed E-state index contributed by atoms with van der Waals surface area (Å²) in [4.78, 5) is 12.3. The second kappa shape index (κ2) is 3.87. The molecular weight excluding hydrogens is 156 g/mol. The van der Waals surface area contributed by atoms with Crippen LogP contribution in [-0.4, -0.2) is 41.7 Å². The molecule has 12 heavy (non-hydrogen) atoms. The van der Waals surface area contributed by atoms with Gasteiger partial charge in [-0.05, 0) is 12.3 Å². The van der Waals surface area contributed by atoms with Crippen molar-refractivity contribution in [2.75, 3.05) is 19.6 Å². The van der Waals surface area contributed by atoms with Crippen LogP contribution in [0.25, 0.3) is 0 Å². The van der Waals surface area contributed by atoms with Crippen molar-refractivity contribution in [1.82, 2.24) is 4.90 Å². The van der Waals surface area contributed by atoms with Crippen molar-refractivity contribution >= 4 is 5.97 Å². The third kappa shape index (κ3) is 2.79. The Bertz CT molecular complexity index is 162. The van der Waals surface area contributed by atoms with Gasteiger partial charge in [0.05, 0.1) is 6.54 Å². The molecule has 0 aromatic heterocycles. The molecule has 1 aliphatic heterocycles. The van der Waals surface area contributed by atoms with Crippen molar-refractivity contribution in [2.24, 2.45) is 11.7 Å². The fraction of sp³-hybridized carbons (Fsp3) is 0.875. The monoisotopic (exact) mass is 172 g/mol. The molecule has 0 aromatic rings. The van der Waals surface area contributed by atoms with Crippen LogP contribution in [0, 0.1) is 5.92 Å². The van der Waals surface area contributed by atoms with Gasteiger partial charge in [0.1, 0.15) is 0 Å². The normalized spacial score (nSPS) is 31.8. The number of rotatable bonds is 2. The largest absolute Gasteiger partial charge is 0.480 e. The zero-order chi connectivity index (χ0) is 9.14. The zero-order valence-electron chi connectivity index (χ0n) is 7.36. The van der Waals surface area contributed by atoms with Gasteiger partial charge >= 0.3 is 5.97 Å². The van der Waals surface area contributed by atoms with E-state index < -0.39 is 5.97 Å². The van der Waals surface area contributed by atoms with Gasteiger partial charge in [-0.15, -0.1) is 0 Å². The second-order valence-corrected chi connectivity index (χ2v) is 3.69. The Morgan fingerprint density at radius 3 is 2.83 bits per heavy atom. The molecule has 1 heterocycles. The van der Waals surface area contributed by atoms with Crippen molar-refractivity contribution in [1.29, 1.82) is 0 Å². The Hall–Kier alpha value is -0.610. The van der Waals surface area contributed by atoms with E-state index in [1.54, 1.807) is 0 Å². The Morgan fingerprint density at radius 1 is 1.67 bits per heavy atom. The lowest BCUT2D eigenvalue weighted by molar-refractivity contribution is -0.138. The van der Waals surface area contributed by atoms with Gasteiger partial charge in [-0.1, -0.05) is 6.92 Å². The third-order valence-corrected chi connectivity index (χ3v) is 2.13. The fourth-order valence-corrected chi connectivity index (χ4v) is 1.83. The molecule has 4 nitrogen and oxygen atoms in total. The highest BCUT2D eigenvalue weighted by molar-refractivity contribution is 5.69. The highest BCUT2D eigenvalue weighted by Crippen LogP contribution is 2.14. The maximum Gasteiger partial charge on any atom is 0.317 e. The predicted molar refractivity (Wildman–Crippen MR) is 45.8 cm³/mol. The van der Waals surface area contributed by atoms with E-state index in [0.29, 0.717) is 5.92 Å². The van der Waals surface area contributed by atoms with Crippen LogP contribution in [0.5, 0.6) is 0 Å². The number of nitrogens with two attached hydrogens (primary N) is 1. The van der Waals surface area contributed by atoms with E-state index in [0.717, 1.165) is 19.5 Å². The number of hydrogen-bond acceptors (Lipinski definition) is 3. The molecule has 0 aromatic carbocycles. The van der Waals surface area contributed by atoms with Crippen molar-refractivity contribution in [3.63, 3.8) is 0 Å². The third-order valence-electron chi connectivity index (χ3n) is 2.13. The number of likely N-dealkylation sites (tertiary alicyclic amines) is 1. The SMILES string of the molecule is CC1CC(N)CN(CC(=O)O)C1. The average Bonchev–Trinajstić information content (AvgIpc) is 1.81. The minimum absolute atomic E-state index is 0.123. The van der Waals surface area contributed by atoms with E-state index >= 15 is 0 Å². The fourth-order valence-electron chi connectivity index (χ4n) is 1.83. The summed E-state index contributed by atoms with van der Waals surface area (Å²) in [7, 11) is 0. The molecule has 1 fully saturated rings. The van der Waals surface area contributed by atoms with Gasteiger partial charge in [0.25, 0.3) is 0 Å². The number of aliphatic carboxylic acids is 1. The summed E-state index contributed by atoms with van der Waals surface area (Å²) in [6.45, 7) is 3.81. The molecule has 0 amide bonds. The summed E-state index contributed by atoms with van der Waals surface area (Å²) in [5.74, 6) is -0.246. The van der Waals surface area contributed by atoms with Gasteiger partial charge in [0, 0.05) is 19.1 Å². The molecule has 0 spiro atoms. The minimum atomic E-state index is -0.767. The van der Waals surface area contributed by atoms with Crippen LogP contribution in [0.2, 0.25) is 0 Å². The number of piperidine rings is 1. The second-order valence-electron chi connectivity index (χ2n) is 3.69. The summed E-state index contributed by atoms with van der Waals surface area (Å²) in [6.07, 6.45) is 1.01. The molecule has 1 rings (SSSR count). The van der Waals surface area contributed by atoms with E-state index in [9.17, 15) is 4.79 Å². The van der Waals surface area contributed by atoms with Crippen molar-refractivity contribution in [3.05, 3.63) is 0 Å². The molecule has 0 radical (unpaired) electrons. The minimum Gasteiger partial charge on any atom is -0.480 e. The van der Waals surface area contributed by atoms with Crippen LogP contribution in [0.3, 0.4) is 0 Å². The lowest BCUT2D eigenvalue weighted by atomic mass is 9.97. The zero-order valence-corrected chi connectivity index (χ0v) is 7.36. The average molecular weight is 172 g/mol. The maximum atomic E-state index is 10.4. The number of hydrogen-bond donors (Lipinski definition) is 2. The maximum absolute atomic E-state index is 10.4. The highest BCUT2D eigenvalue weighted by Gasteiger charge is 2.23. The molecule has 1 aliphatic rings. The first-order chi connectivity index (χ1) is 5.58. The van der Waals surface area contributed by atoms with Crippen LogP contribution in [0.1, 0.15) is 13.3 Å². The van der Waals surface area contributed by atoms with Gasteiger partial charge in [0.15, 0.2) is 0 Å². The van der Waals surface area contributed by atoms with Gasteiger partial charge in [-0.25, -0.2) is 0 Å². The predicted octanol–water partition coefficient (Wildman–Crippen LogP) is -0.260. The van der Waals surface area contributed by atoms with E-state index in [2.05, 4.69) is 6.92 Å². The van der Waals surface area contributed by atoms with Crippen LogP contribution in [0.4, 0.5) is 0 Å². The Balaban J connectivity index is 2.38. The first kappa shape index (κ1) is 9.48. The molecule has 2 atom stereocenters. The number of carbonyl (C=O) groups is 1. The molecule has 0 aliphatic carbocycles. The number of carboxylic acids is 1. The summed E-state index contributed by atoms with van der Waals surface area (Å²) < 4.78 is 0. The van der Waals surface area contributed by atoms with Crippen LogP contribution in [0.15, 0.2) is 0 Å². The first-order valence-electron chi connectivity index (χ1n) is 4.27. The molecule has 0 saturated carbocycles. The first-order valence-corrected chi connectivity index (χ1v) is 4.27. The lowest BCUT2D eigenvalue weighted by Crippen LogP contribution is -2.47. The molecule has 3 N–H and O–H groups in total. The standard InChI is InChI=1S/C8H16N2O2/c1-6-2-7(9)4-10(3-6)5-8(11)12/h6-7H,2-5,9H2,1H3,(H,11,12). The summed E-state index contributed by atoms with van der Waals surface area (Å²) in [5.41, 5.74) is 5.76. The van der Waals surface area contributed by atoms with Crippen molar-refractivity contribution in [2.45, 2.75) is 19.4 Å². The lowest BCUT2D eigenvalue weighted by Gasteiger charge is -2.33. The quantitative estimate of drug-likeness (QED) is 0.602. The van der Waals surface area contributed by atoms with Gasteiger partial charge in [-0.2, -0.15) is 0 Å². The van der Waals surface area contributed by atoms with E-state index in [-0.39, 0.29) is 12.6 Å². The van der Waals surface area contributed by atoms with Gasteiger partial charge in [-0.3, -0.25) is 9.69 Å². The Morgan fingerprint density at radius 2 is 2.33 bits per heavy atom. The van der Waals surface area contributed by atoms with E-state index in [4.69, 9.17) is 10.8 Å². The highest BCUT2D eigenvalue weighted by atomic mass is 16.4. The van der Waals surface area contributed by atoms with Crippen LogP contribution < -0.4 is 5.73 Å². The van der Waals surface area contributed by atoms with Crippen molar-refractivity contribution in [3.8, 4) is 0 Å². The molecule has 1 saturated heterocycles. The topological polar surface area (TPSA) is 66.6 Å². The smallest absolute Gasteiger partial charge is 0.317 e. The molecule has 4 heteroatoms. The van der Waals surface area contributed by atoms with E-state index in [1.807, 2.05) is 4.90 Å². The van der Waals surface area contributed by atoms with Crippen LogP contribution >= 0.6 is 0 Å². The summed E-state index contributed by atoms with van der Waals surface area (Å²) in [5, 5.41) is 8.56. The molecule has 0 bridgehead atoms.